The molecule has 1 saturated heterocycles. The summed E-state index contributed by atoms with van der Waals surface area (Å²) in [4.78, 5) is 11.8. The summed E-state index contributed by atoms with van der Waals surface area (Å²) in [6.07, 6.45) is 2.44. The highest BCUT2D eigenvalue weighted by atomic mass is 32.2. The molecule has 3 nitrogen and oxygen atoms in total. The van der Waals surface area contributed by atoms with Crippen LogP contribution in [-0.4, -0.2) is 35.0 Å². The third-order valence-electron chi connectivity index (χ3n) is 2.90. The van der Waals surface area contributed by atoms with Gasteiger partial charge in [0.1, 0.15) is 0 Å². The summed E-state index contributed by atoms with van der Waals surface area (Å²) in [6.45, 7) is 8.17. The first-order valence-corrected chi connectivity index (χ1v) is 7.23. The molecule has 0 bridgehead atoms. The van der Waals surface area contributed by atoms with E-state index in [4.69, 9.17) is 0 Å². The first kappa shape index (κ1) is 13.8. The van der Waals surface area contributed by atoms with E-state index in [9.17, 15) is 4.79 Å². The van der Waals surface area contributed by atoms with Crippen molar-refractivity contribution < 1.29 is 4.79 Å². The van der Waals surface area contributed by atoms with Crippen molar-refractivity contribution in [3.8, 4) is 0 Å². The lowest BCUT2D eigenvalue weighted by molar-refractivity contribution is -0.123. The second kappa shape index (κ2) is 6.50. The van der Waals surface area contributed by atoms with Gasteiger partial charge >= 0.3 is 0 Å². The zero-order chi connectivity index (χ0) is 12.1. The Morgan fingerprint density at radius 2 is 2.06 bits per heavy atom. The van der Waals surface area contributed by atoms with Crippen LogP contribution in [0, 0.1) is 0 Å². The molecule has 0 aliphatic carbocycles. The summed E-state index contributed by atoms with van der Waals surface area (Å²) in [6, 6.07) is 0.607. The highest BCUT2D eigenvalue weighted by molar-refractivity contribution is 7.99. The van der Waals surface area contributed by atoms with E-state index in [-0.39, 0.29) is 18.0 Å². The molecule has 0 spiro atoms. The lowest BCUT2D eigenvalue weighted by atomic mass is 10.1. The van der Waals surface area contributed by atoms with Gasteiger partial charge in [0.15, 0.2) is 0 Å². The average Bonchev–Trinajstić information content (AvgIpc) is 2.20. The van der Waals surface area contributed by atoms with Gasteiger partial charge in [0.2, 0.25) is 5.91 Å². The van der Waals surface area contributed by atoms with Crippen LogP contribution in [0.25, 0.3) is 0 Å². The maximum absolute atomic E-state index is 11.8. The predicted molar refractivity (Wildman–Crippen MR) is 70.8 cm³/mol. The van der Waals surface area contributed by atoms with Gasteiger partial charge in [-0.15, -0.1) is 0 Å². The summed E-state index contributed by atoms with van der Waals surface area (Å²) in [5, 5.41) is 6.99. The summed E-state index contributed by atoms with van der Waals surface area (Å²) in [7, 11) is 0. The number of hydrogen-bond donors (Lipinski definition) is 2. The van der Waals surface area contributed by atoms with E-state index in [2.05, 4.69) is 17.6 Å². The molecular formula is C12H24N2OS. The summed E-state index contributed by atoms with van der Waals surface area (Å²) < 4.78 is 0. The summed E-state index contributed by atoms with van der Waals surface area (Å²) in [5.74, 6) is 1.36. The van der Waals surface area contributed by atoms with E-state index in [1.165, 1.54) is 18.6 Å². The monoisotopic (exact) mass is 244 g/mol. The van der Waals surface area contributed by atoms with Crippen LogP contribution in [0.3, 0.4) is 0 Å². The van der Waals surface area contributed by atoms with Crippen LogP contribution in [-0.2, 0) is 4.79 Å². The molecule has 0 aromatic heterocycles. The zero-order valence-corrected chi connectivity index (χ0v) is 11.6. The van der Waals surface area contributed by atoms with Gasteiger partial charge in [-0.05, 0) is 39.4 Å². The van der Waals surface area contributed by atoms with Crippen molar-refractivity contribution in [2.45, 2.75) is 63.9 Å². The first-order chi connectivity index (χ1) is 7.50. The molecule has 0 aromatic rings. The minimum atomic E-state index is -0.0893. The Kier molecular flexibility index (Phi) is 5.62. The van der Waals surface area contributed by atoms with Gasteiger partial charge in [-0.3, -0.25) is 4.79 Å². The number of rotatable bonds is 4. The Morgan fingerprint density at radius 3 is 2.62 bits per heavy atom. The van der Waals surface area contributed by atoms with E-state index in [0.717, 1.165) is 0 Å². The number of nitrogens with one attached hydrogen (secondary N) is 2. The summed E-state index contributed by atoms with van der Waals surface area (Å²) in [5.41, 5.74) is 0. The molecule has 0 aromatic carbocycles. The van der Waals surface area contributed by atoms with Gasteiger partial charge in [-0.25, -0.2) is 0 Å². The zero-order valence-electron chi connectivity index (χ0n) is 10.7. The number of thioether (sulfide) groups is 1. The van der Waals surface area contributed by atoms with Crippen molar-refractivity contribution >= 4 is 17.7 Å². The Labute approximate surface area is 103 Å². The topological polar surface area (TPSA) is 41.1 Å². The van der Waals surface area contributed by atoms with Crippen LogP contribution in [0.1, 0.15) is 40.5 Å². The van der Waals surface area contributed by atoms with E-state index in [1.807, 2.05) is 32.5 Å². The third kappa shape index (κ3) is 4.34. The molecular weight excluding hydrogens is 220 g/mol. The molecule has 4 heteroatoms. The van der Waals surface area contributed by atoms with Gasteiger partial charge < -0.3 is 10.6 Å². The van der Waals surface area contributed by atoms with Crippen molar-refractivity contribution in [2.75, 3.05) is 5.75 Å². The van der Waals surface area contributed by atoms with Crippen molar-refractivity contribution in [1.82, 2.24) is 10.6 Å². The van der Waals surface area contributed by atoms with Crippen LogP contribution in [0.15, 0.2) is 0 Å². The Bertz CT molecular complexity index is 233. The fourth-order valence-electron chi connectivity index (χ4n) is 1.95. The molecule has 2 N–H and O–H groups in total. The molecule has 1 aliphatic rings. The van der Waals surface area contributed by atoms with Crippen molar-refractivity contribution in [2.24, 2.45) is 0 Å². The van der Waals surface area contributed by atoms with Crippen LogP contribution in [0.5, 0.6) is 0 Å². The van der Waals surface area contributed by atoms with Crippen molar-refractivity contribution in [3.63, 3.8) is 0 Å². The van der Waals surface area contributed by atoms with Gasteiger partial charge in [0, 0.05) is 17.3 Å². The van der Waals surface area contributed by atoms with Crippen LogP contribution in [0.2, 0.25) is 0 Å². The molecule has 3 atom stereocenters. The first-order valence-electron chi connectivity index (χ1n) is 6.18. The molecule has 1 aliphatic heterocycles. The molecule has 16 heavy (non-hydrogen) atoms. The van der Waals surface area contributed by atoms with Crippen molar-refractivity contribution in [1.29, 1.82) is 0 Å². The van der Waals surface area contributed by atoms with E-state index in [0.29, 0.717) is 11.3 Å². The van der Waals surface area contributed by atoms with Gasteiger partial charge in [0.05, 0.1) is 6.04 Å². The SMILES string of the molecule is CC(C)NC(=O)C(C)NC1CCCSC1C. The Balaban J connectivity index is 2.37. The van der Waals surface area contributed by atoms with Gasteiger partial charge in [0.25, 0.3) is 0 Å². The second-order valence-corrected chi connectivity index (χ2v) is 6.36. The number of amides is 1. The van der Waals surface area contributed by atoms with Gasteiger partial charge in [-0.1, -0.05) is 6.92 Å². The van der Waals surface area contributed by atoms with E-state index in [1.54, 1.807) is 0 Å². The normalized spacial score (nSPS) is 27.8. The predicted octanol–water partition coefficient (Wildman–Crippen LogP) is 1.77. The molecule has 1 fully saturated rings. The van der Waals surface area contributed by atoms with Crippen LogP contribution < -0.4 is 10.6 Å². The minimum absolute atomic E-state index is 0.0893. The Hall–Kier alpha value is -0.220. The lowest BCUT2D eigenvalue weighted by Crippen LogP contribution is -2.51. The van der Waals surface area contributed by atoms with Gasteiger partial charge in [-0.2, -0.15) is 11.8 Å². The van der Waals surface area contributed by atoms with Crippen LogP contribution in [0.4, 0.5) is 0 Å². The molecule has 94 valence electrons. The Morgan fingerprint density at radius 1 is 1.38 bits per heavy atom. The molecule has 1 heterocycles. The highest BCUT2D eigenvalue weighted by Crippen LogP contribution is 2.25. The largest absolute Gasteiger partial charge is 0.353 e. The average molecular weight is 244 g/mol. The standard InChI is InChI=1S/C12H24N2OS/c1-8(2)13-12(15)9(3)14-11-6-5-7-16-10(11)4/h8-11,14H,5-7H2,1-4H3,(H,13,15). The highest BCUT2D eigenvalue weighted by Gasteiger charge is 2.25. The second-order valence-electron chi connectivity index (χ2n) is 4.88. The molecule has 1 amide bonds. The number of carbonyl (C=O) groups is 1. The summed E-state index contributed by atoms with van der Waals surface area (Å²) >= 11 is 2.00. The van der Waals surface area contributed by atoms with E-state index < -0.39 is 0 Å². The maximum Gasteiger partial charge on any atom is 0.237 e. The molecule has 3 unspecified atom stereocenters. The van der Waals surface area contributed by atoms with Crippen LogP contribution >= 0.6 is 11.8 Å². The van der Waals surface area contributed by atoms with E-state index >= 15 is 0 Å². The lowest BCUT2D eigenvalue weighted by Gasteiger charge is -2.31. The molecule has 1 rings (SSSR count). The third-order valence-corrected chi connectivity index (χ3v) is 4.27. The maximum atomic E-state index is 11.8. The van der Waals surface area contributed by atoms with Crippen molar-refractivity contribution in [3.05, 3.63) is 0 Å². The number of carbonyl (C=O) groups excluding carboxylic acids is 1. The fraction of sp³-hybridized carbons (Fsp3) is 0.917. The molecule has 0 saturated carbocycles. The quantitative estimate of drug-likeness (QED) is 0.792. The number of hydrogen-bond acceptors (Lipinski definition) is 3. The smallest absolute Gasteiger partial charge is 0.237 e. The molecule has 0 radical (unpaired) electrons. The fourth-order valence-corrected chi connectivity index (χ4v) is 3.10. The minimum Gasteiger partial charge on any atom is -0.353 e.